The summed E-state index contributed by atoms with van der Waals surface area (Å²) < 4.78 is 5.02. The Kier molecular flexibility index (Phi) is 5.00. The molecule has 0 saturated heterocycles. The van der Waals surface area contributed by atoms with Crippen LogP contribution in [0.3, 0.4) is 0 Å². The highest BCUT2D eigenvalue weighted by molar-refractivity contribution is 6.32. The molecule has 1 amide bonds. The minimum Gasteiger partial charge on any atom is -0.506 e. The number of rotatable bonds is 4. The van der Waals surface area contributed by atoms with Crippen LogP contribution < -0.4 is 5.32 Å². The number of aliphatic hydroxyl groups is 1. The quantitative estimate of drug-likeness (QED) is 0.583. The topological polar surface area (TPSA) is 133 Å². The van der Waals surface area contributed by atoms with E-state index in [1.165, 1.54) is 6.92 Å². The molecular weight excluding hydrogens is 342 g/mol. The average Bonchev–Trinajstić information content (AvgIpc) is 2.46. The minimum absolute atomic E-state index is 0.0837. The van der Waals surface area contributed by atoms with Crippen LogP contribution in [0.2, 0.25) is 5.02 Å². The lowest BCUT2D eigenvalue weighted by Crippen LogP contribution is -2.47. The van der Waals surface area contributed by atoms with Crippen LogP contribution in [0, 0.1) is 0 Å². The highest BCUT2D eigenvalue weighted by atomic mass is 35.5. The number of carboxylic acids is 1. The van der Waals surface area contributed by atoms with E-state index in [4.69, 9.17) is 21.4 Å². The summed E-state index contributed by atoms with van der Waals surface area (Å²) in [6.45, 7) is 2.85. The van der Waals surface area contributed by atoms with Gasteiger partial charge in [-0.1, -0.05) is 11.6 Å². The molecule has 1 aromatic rings. The van der Waals surface area contributed by atoms with E-state index < -0.39 is 41.8 Å². The summed E-state index contributed by atoms with van der Waals surface area (Å²) in [5, 5.41) is 30.8. The standard InChI is InChI=1S/C15H16ClNO7/c1-5-3-7-9(16)4-8(12(19)10(7)15(23)24-5)13(20)17-11(6(2)18)14(21)22/h4-6,11,18-19H,3H2,1-2H3,(H,17,20)(H,21,22)/t5?,6?,11-/m0/s1. The van der Waals surface area contributed by atoms with Crippen molar-refractivity contribution in [3.05, 3.63) is 27.8 Å². The SMILES string of the molecule is CC1Cc2c(Cl)cc(C(=O)N[C@H](C(=O)O)C(C)O)c(O)c2C(=O)O1. The number of nitrogens with one attached hydrogen (secondary N) is 1. The molecule has 1 heterocycles. The minimum atomic E-state index is -1.58. The van der Waals surface area contributed by atoms with Crippen molar-refractivity contribution in [3.8, 4) is 5.75 Å². The van der Waals surface area contributed by atoms with Crippen molar-refractivity contribution in [2.24, 2.45) is 0 Å². The van der Waals surface area contributed by atoms with Gasteiger partial charge in [-0.25, -0.2) is 9.59 Å². The van der Waals surface area contributed by atoms with E-state index in [1.54, 1.807) is 6.92 Å². The molecule has 4 N–H and O–H groups in total. The second-order valence-corrected chi connectivity index (χ2v) is 5.97. The van der Waals surface area contributed by atoms with Crippen molar-refractivity contribution in [1.29, 1.82) is 0 Å². The zero-order chi connectivity index (χ0) is 18.2. The molecule has 0 aromatic heterocycles. The van der Waals surface area contributed by atoms with Crippen LogP contribution in [0.5, 0.6) is 5.75 Å². The van der Waals surface area contributed by atoms with E-state index in [0.29, 0.717) is 5.56 Å². The summed E-state index contributed by atoms with van der Waals surface area (Å²) in [7, 11) is 0. The van der Waals surface area contributed by atoms with Crippen molar-refractivity contribution in [2.75, 3.05) is 0 Å². The number of aromatic hydroxyl groups is 1. The van der Waals surface area contributed by atoms with Crippen molar-refractivity contribution in [1.82, 2.24) is 5.32 Å². The number of hydrogen-bond donors (Lipinski definition) is 4. The van der Waals surface area contributed by atoms with Gasteiger partial charge in [0.25, 0.3) is 5.91 Å². The number of esters is 1. The Balaban J connectivity index is 2.44. The summed E-state index contributed by atoms with van der Waals surface area (Å²) in [5.74, 6) is -3.89. The molecular formula is C15H16ClNO7. The molecule has 8 nitrogen and oxygen atoms in total. The number of fused-ring (bicyclic) bond motifs is 1. The largest absolute Gasteiger partial charge is 0.506 e. The third kappa shape index (κ3) is 3.29. The van der Waals surface area contributed by atoms with Gasteiger partial charge in [0, 0.05) is 11.4 Å². The molecule has 1 aliphatic heterocycles. The van der Waals surface area contributed by atoms with Crippen molar-refractivity contribution >= 4 is 29.4 Å². The molecule has 0 spiro atoms. The van der Waals surface area contributed by atoms with Gasteiger partial charge in [0.1, 0.15) is 17.4 Å². The van der Waals surface area contributed by atoms with E-state index in [-0.39, 0.29) is 22.6 Å². The number of cyclic esters (lactones) is 1. The number of halogens is 1. The van der Waals surface area contributed by atoms with Gasteiger partial charge >= 0.3 is 11.9 Å². The van der Waals surface area contributed by atoms with Crippen LogP contribution in [0.25, 0.3) is 0 Å². The van der Waals surface area contributed by atoms with Gasteiger partial charge in [-0.2, -0.15) is 0 Å². The molecule has 0 bridgehead atoms. The van der Waals surface area contributed by atoms with Crippen LogP contribution in [-0.2, 0) is 16.0 Å². The first-order valence-corrected chi connectivity index (χ1v) is 7.48. The van der Waals surface area contributed by atoms with Gasteiger partial charge in [-0.05, 0) is 25.5 Å². The molecule has 0 aliphatic carbocycles. The number of amides is 1. The number of carboxylic acid groups (broad SMARTS) is 1. The number of aliphatic carboxylic acids is 1. The summed E-state index contributed by atoms with van der Waals surface area (Å²) in [6.07, 6.45) is -1.51. The molecule has 130 valence electrons. The monoisotopic (exact) mass is 357 g/mol. The van der Waals surface area contributed by atoms with E-state index in [0.717, 1.165) is 6.07 Å². The van der Waals surface area contributed by atoms with Gasteiger partial charge in [-0.15, -0.1) is 0 Å². The van der Waals surface area contributed by atoms with Gasteiger partial charge < -0.3 is 25.4 Å². The van der Waals surface area contributed by atoms with Crippen LogP contribution in [-0.4, -0.2) is 51.4 Å². The predicted molar refractivity (Wildman–Crippen MR) is 82.3 cm³/mol. The zero-order valence-corrected chi connectivity index (χ0v) is 13.6. The maximum Gasteiger partial charge on any atom is 0.342 e. The summed E-state index contributed by atoms with van der Waals surface area (Å²) in [6, 6.07) is -0.434. The number of carbonyl (C=O) groups is 3. The maximum atomic E-state index is 12.2. The van der Waals surface area contributed by atoms with Gasteiger partial charge in [0.2, 0.25) is 0 Å². The van der Waals surface area contributed by atoms with Crippen LogP contribution in [0.15, 0.2) is 6.07 Å². The van der Waals surface area contributed by atoms with Crippen LogP contribution in [0.1, 0.15) is 40.1 Å². The molecule has 0 fully saturated rings. The maximum absolute atomic E-state index is 12.2. The Bertz CT molecular complexity index is 716. The summed E-state index contributed by atoms with van der Waals surface area (Å²) in [5.41, 5.74) is -0.230. The van der Waals surface area contributed by atoms with E-state index in [2.05, 4.69) is 5.32 Å². The number of phenolic OH excluding ortho intramolecular Hbond substituents is 1. The number of carbonyl (C=O) groups excluding carboxylic acids is 2. The first-order valence-electron chi connectivity index (χ1n) is 7.10. The van der Waals surface area contributed by atoms with Crippen molar-refractivity contribution < 1.29 is 34.4 Å². The predicted octanol–water partition coefficient (Wildman–Crippen LogP) is 0.711. The number of ether oxygens (including phenoxy) is 1. The number of aliphatic hydroxyl groups excluding tert-OH is 1. The highest BCUT2D eigenvalue weighted by Gasteiger charge is 2.33. The fraction of sp³-hybridized carbons (Fsp3) is 0.400. The summed E-state index contributed by atoms with van der Waals surface area (Å²) >= 11 is 6.09. The second kappa shape index (κ2) is 6.66. The van der Waals surface area contributed by atoms with E-state index in [1.807, 2.05) is 0 Å². The highest BCUT2D eigenvalue weighted by Crippen LogP contribution is 2.36. The van der Waals surface area contributed by atoms with E-state index in [9.17, 15) is 24.6 Å². The lowest BCUT2D eigenvalue weighted by Gasteiger charge is -2.24. The zero-order valence-electron chi connectivity index (χ0n) is 12.9. The molecule has 24 heavy (non-hydrogen) atoms. The van der Waals surface area contributed by atoms with Gasteiger partial charge in [0.05, 0.1) is 11.7 Å². The third-order valence-electron chi connectivity index (χ3n) is 3.64. The van der Waals surface area contributed by atoms with Crippen LogP contribution >= 0.6 is 11.6 Å². The molecule has 2 rings (SSSR count). The Morgan fingerprint density at radius 1 is 1.46 bits per heavy atom. The fourth-order valence-corrected chi connectivity index (χ4v) is 2.73. The molecule has 3 atom stereocenters. The van der Waals surface area contributed by atoms with Crippen molar-refractivity contribution in [2.45, 2.75) is 38.5 Å². The summed E-state index contributed by atoms with van der Waals surface area (Å²) in [4.78, 5) is 35.3. The number of benzene rings is 1. The second-order valence-electron chi connectivity index (χ2n) is 5.56. The molecule has 1 aromatic carbocycles. The average molecular weight is 358 g/mol. The van der Waals surface area contributed by atoms with Crippen molar-refractivity contribution in [3.63, 3.8) is 0 Å². The lowest BCUT2D eigenvalue weighted by atomic mass is 9.95. The normalized spacial score (nSPS) is 19.0. The first-order chi connectivity index (χ1) is 11.1. The number of hydrogen-bond acceptors (Lipinski definition) is 6. The lowest BCUT2D eigenvalue weighted by molar-refractivity contribution is -0.141. The molecule has 0 saturated carbocycles. The molecule has 9 heteroatoms. The first kappa shape index (κ1) is 18.0. The molecule has 1 aliphatic rings. The van der Waals surface area contributed by atoms with Crippen LogP contribution in [0.4, 0.5) is 0 Å². The Morgan fingerprint density at radius 3 is 2.62 bits per heavy atom. The van der Waals surface area contributed by atoms with Gasteiger partial charge in [-0.3, -0.25) is 4.79 Å². The Hall–Kier alpha value is -2.32. The van der Waals surface area contributed by atoms with E-state index >= 15 is 0 Å². The van der Waals surface area contributed by atoms with Gasteiger partial charge in [0.15, 0.2) is 6.04 Å². The Morgan fingerprint density at radius 2 is 2.08 bits per heavy atom. The number of phenols is 1. The smallest absolute Gasteiger partial charge is 0.342 e. The Labute approximate surface area is 142 Å². The molecule has 2 unspecified atom stereocenters. The third-order valence-corrected chi connectivity index (χ3v) is 3.97. The molecule has 0 radical (unpaired) electrons. The fourth-order valence-electron chi connectivity index (χ4n) is 2.45.